The average molecular weight is 273 g/mol. The van der Waals surface area contributed by atoms with Gasteiger partial charge in [-0.1, -0.05) is 23.2 Å². The van der Waals surface area contributed by atoms with Gasteiger partial charge in [-0.2, -0.15) is 0 Å². The van der Waals surface area contributed by atoms with E-state index in [1.165, 1.54) is 12.8 Å². The molecule has 1 saturated carbocycles. The number of hydrogen-bond donors (Lipinski definition) is 1. The van der Waals surface area contributed by atoms with Crippen molar-refractivity contribution in [1.29, 1.82) is 0 Å². The summed E-state index contributed by atoms with van der Waals surface area (Å²) >= 11 is 11.7. The Morgan fingerprint density at radius 1 is 1.29 bits per heavy atom. The largest absolute Gasteiger partial charge is 0.476 e. The van der Waals surface area contributed by atoms with Crippen LogP contribution in [0.3, 0.4) is 0 Å². The second-order valence-electron chi connectivity index (χ2n) is 4.85. The zero-order valence-electron chi connectivity index (χ0n) is 9.33. The van der Waals surface area contributed by atoms with Crippen LogP contribution in [0.4, 0.5) is 0 Å². The van der Waals surface area contributed by atoms with Crippen molar-refractivity contribution in [3.05, 3.63) is 22.3 Å². The third-order valence-electron chi connectivity index (χ3n) is 3.49. The van der Waals surface area contributed by atoms with E-state index in [-0.39, 0.29) is 0 Å². The molecule has 2 fully saturated rings. The molecule has 1 aliphatic heterocycles. The molecule has 3 atom stereocenters. The Balaban J connectivity index is 1.55. The highest BCUT2D eigenvalue weighted by Gasteiger charge is 2.41. The summed E-state index contributed by atoms with van der Waals surface area (Å²) < 4.78 is 5.63. The predicted octanol–water partition coefficient (Wildman–Crippen LogP) is 2.77. The molecule has 0 spiro atoms. The number of aromatic nitrogens is 1. The number of nitrogens with zero attached hydrogens (tertiary/aromatic N) is 1. The summed E-state index contributed by atoms with van der Waals surface area (Å²) in [6.45, 7) is 1.76. The molecule has 2 aliphatic rings. The minimum atomic E-state index is 0.367. The molecule has 3 nitrogen and oxygen atoms in total. The second-order valence-corrected chi connectivity index (χ2v) is 5.68. The zero-order chi connectivity index (χ0) is 11.8. The highest BCUT2D eigenvalue weighted by molar-refractivity contribution is 6.34. The van der Waals surface area contributed by atoms with Crippen molar-refractivity contribution in [2.75, 3.05) is 13.2 Å². The molecule has 1 aliphatic carbocycles. The molecule has 0 radical (unpaired) electrons. The Hall–Kier alpha value is -0.510. The number of nitrogens with one attached hydrogen (secondary N) is 1. The molecule has 1 saturated heterocycles. The Kier molecular flexibility index (Phi) is 3.16. The summed E-state index contributed by atoms with van der Waals surface area (Å²) in [6, 6.07) is 3.72. The van der Waals surface area contributed by atoms with Crippen LogP contribution >= 0.6 is 23.2 Å². The van der Waals surface area contributed by atoms with Gasteiger partial charge in [0.25, 0.3) is 0 Å². The Morgan fingerprint density at radius 2 is 2.18 bits per heavy atom. The maximum Gasteiger partial charge on any atom is 0.216 e. The molecule has 5 heteroatoms. The molecule has 92 valence electrons. The van der Waals surface area contributed by atoms with Crippen LogP contribution in [0.2, 0.25) is 10.2 Å². The van der Waals surface area contributed by atoms with E-state index in [4.69, 9.17) is 27.9 Å². The number of halogens is 2. The van der Waals surface area contributed by atoms with Crippen LogP contribution in [0.5, 0.6) is 5.88 Å². The normalized spacial score (nSPS) is 30.8. The number of hydrogen-bond acceptors (Lipinski definition) is 3. The van der Waals surface area contributed by atoms with Gasteiger partial charge in [-0.3, -0.25) is 0 Å². The van der Waals surface area contributed by atoms with Gasteiger partial charge in [-0.25, -0.2) is 4.98 Å². The Bertz CT molecular complexity index is 407. The third-order valence-corrected chi connectivity index (χ3v) is 3.90. The van der Waals surface area contributed by atoms with Crippen molar-refractivity contribution in [1.82, 2.24) is 10.3 Å². The Morgan fingerprint density at radius 3 is 2.94 bits per heavy atom. The van der Waals surface area contributed by atoms with E-state index >= 15 is 0 Å². The number of rotatable bonds is 3. The summed E-state index contributed by atoms with van der Waals surface area (Å²) in [7, 11) is 0. The van der Waals surface area contributed by atoms with Crippen LogP contribution in [0.25, 0.3) is 0 Å². The van der Waals surface area contributed by atoms with Gasteiger partial charge in [0.15, 0.2) is 0 Å². The van der Waals surface area contributed by atoms with Gasteiger partial charge in [0.2, 0.25) is 5.88 Å². The molecule has 1 N–H and O–H groups in total. The van der Waals surface area contributed by atoms with Gasteiger partial charge >= 0.3 is 0 Å². The molecule has 0 unspecified atom stereocenters. The molecule has 3 rings (SSSR count). The lowest BCUT2D eigenvalue weighted by Gasteiger charge is -2.22. The number of pyridine rings is 1. The lowest BCUT2D eigenvalue weighted by molar-refractivity contribution is 0.228. The van der Waals surface area contributed by atoms with Gasteiger partial charge in [0, 0.05) is 17.1 Å². The first kappa shape index (κ1) is 11.6. The molecule has 2 heterocycles. The number of ether oxygens (including phenoxy) is 1. The highest BCUT2D eigenvalue weighted by Crippen LogP contribution is 2.44. The van der Waals surface area contributed by atoms with E-state index in [0.717, 1.165) is 18.4 Å². The van der Waals surface area contributed by atoms with Gasteiger partial charge in [-0.15, -0.1) is 0 Å². The lowest BCUT2D eigenvalue weighted by Crippen LogP contribution is -2.39. The van der Waals surface area contributed by atoms with Crippen molar-refractivity contribution in [3.63, 3.8) is 0 Å². The van der Waals surface area contributed by atoms with E-state index < -0.39 is 0 Å². The maximum absolute atomic E-state index is 5.88. The van der Waals surface area contributed by atoms with Crippen molar-refractivity contribution in [2.45, 2.75) is 18.9 Å². The van der Waals surface area contributed by atoms with Gasteiger partial charge in [0.05, 0.1) is 0 Å². The molecule has 0 bridgehead atoms. The highest BCUT2D eigenvalue weighted by atomic mass is 35.5. The van der Waals surface area contributed by atoms with Crippen molar-refractivity contribution < 1.29 is 4.74 Å². The van der Waals surface area contributed by atoms with Gasteiger partial charge < -0.3 is 10.1 Å². The Labute approximate surface area is 110 Å². The van der Waals surface area contributed by atoms with Gasteiger partial charge in [-0.05, 0) is 37.3 Å². The fraction of sp³-hybridized carbons (Fsp3) is 0.583. The fourth-order valence-electron chi connectivity index (χ4n) is 2.45. The molecule has 0 aromatic carbocycles. The van der Waals surface area contributed by atoms with Crippen LogP contribution in [0, 0.1) is 11.8 Å². The monoisotopic (exact) mass is 272 g/mol. The zero-order valence-corrected chi connectivity index (χ0v) is 10.8. The summed E-state index contributed by atoms with van der Waals surface area (Å²) in [6.07, 6.45) is 2.59. The van der Waals surface area contributed by atoms with Crippen LogP contribution in [0.15, 0.2) is 12.1 Å². The first-order valence-electron chi connectivity index (χ1n) is 5.90. The summed E-state index contributed by atoms with van der Waals surface area (Å²) in [5.74, 6) is 2.34. The first-order valence-corrected chi connectivity index (χ1v) is 6.65. The molecule has 0 amide bonds. The minimum Gasteiger partial charge on any atom is -0.476 e. The first-order chi connectivity index (χ1) is 8.20. The minimum absolute atomic E-state index is 0.367. The second kappa shape index (κ2) is 4.63. The number of fused-ring (bicyclic) bond motifs is 1. The quantitative estimate of drug-likeness (QED) is 0.860. The van der Waals surface area contributed by atoms with E-state index in [0.29, 0.717) is 28.7 Å². The predicted molar refractivity (Wildman–Crippen MR) is 67.8 cm³/mol. The van der Waals surface area contributed by atoms with E-state index in [1.54, 1.807) is 12.1 Å². The third kappa shape index (κ3) is 2.84. The lowest BCUT2D eigenvalue weighted by atomic mass is 10.1. The maximum atomic E-state index is 5.88. The molecular weight excluding hydrogens is 259 g/mol. The summed E-state index contributed by atoms with van der Waals surface area (Å²) in [5.41, 5.74) is 0. The standard InChI is InChI=1S/C12H14Cl2N2O/c13-9-3-11(14)16-12(4-9)17-6-10-2-7-1-8(7)5-15-10/h3-4,7-8,10,15H,1-2,5-6H2/t7-,8+,10-/m0/s1. The van der Waals surface area contributed by atoms with Crippen LogP contribution < -0.4 is 10.1 Å². The van der Waals surface area contributed by atoms with Crippen molar-refractivity contribution in [3.8, 4) is 5.88 Å². The SMILES string of the molecule is Clc1cc(Cl)nc(OC[C@@H]2C[C@@H]3C[C@@H]3CN2)c1. The average Bonchev–Trinajstić information content (AvgIpc) is 3.03. The number of piperidine rings is 1. The van der Waals surface area contributed by atoms with Crippen LogP contribution in [-0.2, 0) is 0 Å². The molecular formula is C12H14Cl2N2O. The summed E-state index contributed by atoms with van der Waals surface area (Å²) in [4.78, 5) is 4.08. The van der Waals surface area contributed by atoms with Crippen molar-refractivity contribution in [2.24, 2.45) is 11.8 Å². The van der Waals surface area contributed by atoms with E-state index in [9.17, 15) is 0 Å². The molecule has 17 heavy (non-hydrogen) atoms. The topological polar surface area (TPSA) is 34.1 Å². The van der Waals surface area contributed by atoms with Crippen LogP contribution in [0.1, 0.15) is 12.8 Å². The smallest absolute Gasteiger partial charge is 0.216 e. The van der Waals surface area contributed by atoms with E-state index in [2.05, 4.69) is 10.3 Å². The fourth-order valence-corrected chi connectivity index (χ4v) is 2.90. The molecule has 1 aromatic heterocycles. The van der Waals surface area contributed by atoms with Crippen LogP contribution in [-0.4, -0.2) is 24.2 Å². The summed E-state index contributed by atoms with van der Waals surface area (Å²) in [5, 5.41) is 4.41. The molecule has 1 aromatic rings. The van der Waals surface area contributed by atoms with Crippen molar-refractivity contribution >= 4 is 23.2 Å². The van der Waals surface area contributed by atoms with Gasteiger partial charge in [0.1, 0.15) is 11.8 Å². The van der Waals surface area contributed by atoms with E-state index in [1.807, 2.05) is 0 Å².